The van der Waals surface area contributed by atoms with Crippen LogP contribution in [0.1, 0.15) is 5.69 Å². The molecule has 0 aliphatic heterocycles. The molecule has 0 aliphatic carbocycles. The first-order chi connectivity index (χ1) is 12.7. The van der Waals surface area contributed by atoms with Gasteiger partial charge in [0.1, 0.15) is 12.1 Å². The van der Waals surface area contributed by atoms with E-state index in [0.717, 1.165) is 35.7 Å². The lowest BCUT2D eigenvalue weighted by Gasteiger charge is -2.10. The number of fused-ring (bicyclic) bond motifs is 1. The topological polar surface area (TPSA) is 82.2 Å². The average Bonchev–Trinajstić information content (AvgIpc) is 3.31. The Morgan fingerprint density at radius 2 is 2.00 bits per heavy atom. The van der Waals surface area contributed by atoms with Gasteiger partial charge in [0.15, 0.2) is 0 Å². The van der Waals surface area contributed by atoms with Gasteiger partial charge < -0.3 is 10.1 Å². The highest BCUT2D eigenvalue weighted by molar-refractivity contribution is 5.73. The molecule has 0 spiro atoms. The van der Waals surface area contributed by atoms with Gasteiger partial charge in [0.2, 0.25) is 5.65 Å². The van der Waals surface area contributed by atoms with E-state index in [4.69, 9.17) is 4.74 Å². The van der Waals surface area contributed by atoms with Gasteiger partial charge in [-0.15, -0.1) is 10.2 Å². The van der Waals surface area contributed by atoms with Crippen molar-refractivity contribution in [1.29, 1.82) is 0 Å². The minimum absolute atomic E-state index is 0.701. The van der Waals surface area contributed by atoms with Crippen molar-refractivity contribution < 1.29 is 4.74 Å². The normalized spacial score (nSPS) is 11.0. The van der Waals surface area contributed by atoms with E-state index in [2.05, 4.69) is 25.7 Å². The fraction of sp³-hybridized carbons (Fsp3) is 0.222. The molecule has 1 aromatic carbocycles. The summed E-state index contributed by atoms with van der Waals surface area (Å²) in [6, 6.07) is 11.8. The smallest absolute Gasteiger partial charge is 0.200 e. The highest BCUT2D eigenvalue weighted by atomic mass is 16.5. The van der Waals surface area contributed by atoms with Crippen LogP contribution in [-0.2, 0) is 13.5 Å². The lowest BCUT2D eigenvalue weighted by molar-refractivity contribution is 0.415. The summed E-state index contributed by atoms with van der Waals surface area (Å²) in [4.78, 5) is 0. The molecule has 0 saturated heterocycles. The van der Waals surface area contributed by atoms with Gasteiger partial charge in [0.05, 0.1) is 18.5 Å². The van der Waals surface area contributed by atoms with Crippen molar-refractivity contribution in [2.24, 2.45) is 7.05 Å². The Morgan fingerprint density at radius 3 is 2.73 bits per heavy atom. The minimum atomic E-state index is 0.701. The Morgan fingerprint density at radius 1 is 1.15 bits per heavy atom. The number of benzene rings is 1. The predicted molar refractivity (Wildman–Crippen MR) is 98.2 cm³/mol. The number of aromatic nitrogens is 6. The number of hydrogen-bond donors (Lipinski definition) is 1. The maximum Gasteiger partial charge on any atom is 0.200 e. The van der Waals surface area contributed by atoms with Crippen LogP contribution in [0.5, 0.6) is 5.75 Å². The van der Waals surface area contributed by atoms with Crippen molar-refractivity contribution in [3.8, 4) is 17.0 Å². The molecule has 4 aromatic rings. The molecule has 8 nitrogen and oxygen atoms in total. The molecule has 0 amide bonds. The number of ether oxygens (including phenoxy) is 1. The summed E-state index contributed by atoms with van der Waals surface area (Å²) >= 11 is 0. The Balaban J connectivity index is 1.60. The number of aryl methyl sites for hydroxylation is 1. The molecule has 26 heavy (non-hydrogen) atoms. The molecule has 0 radical (unpaired) electrons. The van der Waals surface area contributed by atoms with E-state index in [0.29, 0.717) is 5.65 Å². The average molecular weight is 349 g/mol. The van der Waals surface area contributed by atoms with Crippen molar-refractivity contribution in [3.05, 3.63) is 54.6 Å². The first-order valence-corrected chi connectivity index (χ1v) is 8.31. The van der Waals surface area contributed by atoms with Gasteiger partial charge in [-0.05, 0) is 36.4 Å². The summed E-state index contributed by atoms with van der Waals surface area (Å²) in [7, 11) is 3.60. The monoisotopic (exact) mass is 349 g/mol. The molecule has 0 saturated carbocycles. The van der Waals surface area contributed by atoms with E-state index >= 15 is 0 Å². The van der Waals surface area contributed by atoms with Crippen molar-refractivity contribution in [3.63, 3.8) is 0 Å². The molecule has 0 atom stereocenters. The van der Waals surface area contributed by atoms with Gasteiger partial charge in [-0.25, -0.2) is 0 Å². The lowest BCUT2D eigenvalue weighted by Crippen LogP contribution is -2.10. The molecular formula is C18H19N7O. The second kappa shape index (κ2) is 6.83. The number of anilines is 1. The van der Waals surface area contributed by atoms with Gasteiger partial charge in [-0.2, -0.15) is 14.7 Å². The van der Waals surface area contributed by atoms with Gasteiger partial charge in [0, 0.05) is 37.5 Å². The van der Waals surface area contributed by atoms with Crippen molar-refractivity contribution in [2.75, 3.05) is 19.0 Å². The number of rotatable bonds is 6. The molecular weight excluding hydrogens is 330 g/mol. The number of hydrogen-bond acceptors (Lipinski definition) is 6. The Labute approximate surface area is 150 Å². The van der Waals surface area contributed by atoms with Gasteiger partial charge in [-0.3, -0.25) is 4.68 Å². The molecule has 0 fully saturated rings. The standard InChI is InChI=1S/C18H19N7O/c1-24-14(8-10-21-24)7-9-19-17-11-16(23-25-12-20-22-18(17)25)13-3-5-15(26-2)6-4-13/h3-6,8,10-12,19H,7,9H2,1-2H3. The second-order valence-electron chi connectivity index (χ2n) is 5.89. The summed E-state index contributed by atoms with van der Waals surface area (Å²) in [5, 5.41) is 20.4. The largest absolute Gasteiger partial charge is 0.497 e. The maximum absolute atomic E-state index is 5.22. The fourth-order valence-electron chi connectivity index (χ4n) is 2.83. The van der Waals surface area contributed by atoms with Crippen molar-refractivity contribution in [1.82, 2.24) is 29.6 Å². The zero-order valence-electron chi connectivity index (χ0n) is 14.6. The zero-order valence-corrected chi connectivity index (χ0v) is 14.6. The molecule has 3 heterocycles. The molecule has 1 N–H and O–H groups in total. The fourth-order valence-corrected chi connectivity index (χ4v) is 2.83. The van der Waals surface area contributed by atoms with Crippen LogP contribution in [-0.4, -0.2) is 43.2 Å². The first kappa shape index (κ1) is 16.1. The van der Waals surface area contributed by atoms with E-state index in [-0.39, 0.29) is 0 Å². The molecule has 0 aliphatic rings. The molecule has 132 valence electrons. The maximum atomic E-state index is 5.22. The Bertz CT molecular complexity index is 1020. The lowest BCUT2D eigenvalue weighted by atomic mass is 10.1. The minimum Gasteiger partial charge on any atom is -0.497 e. The van der Waals surface area contributed by atoms with E-state index in [1.165, 1.54) is 5.69 Å². The number of nitrogens with zero attached hydrogens (tertiary/aromatic N) is 6. The van der Waals surface area contributed by atoms with E-state index < -0.39 is 0 Å². The molecule has 8 heteroatoms. The molecule has 4 rings (SSSR count). The summed E-state index contributed by atoms with van der Waals surface area (Å²) < 4.78 is 8.78. The van der Waals surface area contributed by atoms with Crippen LogP contribution in [0.2, 0.25) is 0 Å². The van der Waals surface area contributed by atoms with Crippen LogP contribution in [0.3, 0.4) is 0 Å². The SMILES string of the molecule is COc1ccc(-c2cc(NCCc3ccnn3C)c3nncn3n2)cc1. The third kappa shape index (κ3) is 3.08. The third-order valence-corrected chi connectivity index (χ3v) is 4.27. The van der Waals surface area contributed by atoms with Crippen LogP contribution in [0.25, 0.3) is 16.9 Å². The van der Waals surface area contributed by atoms with Gasteiger partial charge >= 0.3 is 0 Å². The van der Waals surface area contributed by atoms with E-state index in [1.807, 2.05) is 48.1 Å². The second-order valence-corrected chi connectivity index (χ2v) is 5.89. The third-order valence-electron chi connectivity index (χ3n) is 4.27. The number of nitrogens with one attached hydrogen (secondary N) is 1. The molecule has 0 unspecified atom stereocenters. The highest BCUT2D eigenvalue weighted by Crippen LogP contribution is 2.24. The zero-order chi connectivity index (χ0) is 17.9. The molecule has 3 aromatic heterocycles. The van der Waals surface area contributed by atoms with Crippen LogP contribution in [0.4, 0.5) is 5.69 Å². The predicted octanol–water partition coefficient (Wildman–Crippen LogP) is 2.19. The highest BCUT2D eigenvalue weighted by Gasteiger charge is 2.10. The first-order valence-electron chi connectivity index (χ1n) is 8.31. The van der Waals surface area contributed by atoms with Gasteiger partial charge in [0.25, 0.3) is 0 Å². The van der Waals surface area contributed by atoms with E-state index in [9.17, 15) is 0 Å². The summed E-state index contributed by atoms with van der Waals surface area (Å²) in [5.41, 5.74) is 4.59. The summed E-state index contributed by atoms with van der Waals surface area (Å²) in [5.74, 6) is 0.814. The van der Waals surface area contributed by atoms with Crippen molar-refractivity contribution >= 4 is 11.3 Å². The van der Waals surface area contributed by atoms with Crippen LogP contribution < -0.4 is 10.1 Å². The summed E-state index contributed by atoms with van der Waals surface area (Å²) in [6.45, 7) is 0.758. The van der Waals surface area contributed by atoms with E-state index in [1.54, 1.807) is 24.1 Å². The van der Waals surface area contributed by atoms with Crippen LogP contribution in [0, 0.1) is 0 Å². The quantitative estimate of drug-likeness (QED) is 0.575. The Hall–Kier alpha value is -3.42. The van der Waals surface area contributed by atoms with Crippen LogP contribution in [0.15, 0.2) is 48.9 Å². The summed E-state index contributed by atoms with van der Waals surface area (Å²) in [6.07, 6.45) is 4.27. The number of methoxy groups -OCH3 is 1. The van der Waals surface area contributed by atoms with Gasteiger partial charge in [-0.1, -0.05) is 0 Å². The van der Waals surface area contributed by atoms with Crippen LogP contribution >= 0.6 is 0 Å². The van der Waals surface area contributed by atoms with Crippen molar-refractivity contribution in [2.45, 2.75) is 6.42 Å². The molecule has 0 bridgehead atoms. The Kier molecular flexibility index (Phi) is 4.22.